The van der Waals surface area contributed by atoms with E-state index in [0.717, 1.165) is 0 Å². The van der Waals surface area contributed by atoms with Gasteiger partial charge >= 0.3 is 5.97 Å². The zero-order valence-corrected chi connectivity index (χ0v) is 16.4. The summed E-state index contributed by atoms with van der Waals surface area (Å²) in [5.41, 5.74) is -0.0880. The molecule has 0 aliphatic rings. The number of sulfonamides is 1. The van der Waals surface area contributed by atoms with E-state index in [1.165, 1.54) is 42.5 Å². The molecule has 3 aromatic carbocycles. The van der Waals surface area contributed by atoms with Crippen molar-refractivity contribution in [3.8, 4) is 11.5 Å². The lowest BCUT2D eigenvalue weighted by Crippen LogP contribution is -2.13. The molecule has 0 heterocycles. The summed E-state index contributed by atoms with van der Waals surface area (Å²) in [5, 5.41) is 9.59. The standard InChI is InChI=1S/C19H13Cl2NO5S/c20-13-9-12(19(23)24)10-14(11-13)22-28(25,26)16-7-5-15(6-8-16)27-18-4-2-1-3-17(18)21/h1-11,22H,(H,23,24). The number of anilines is 1. The molecule has 9 heteroatoms. The van der Waals surface area contributed by atoms with Crippen LogP contribution in [-0.2, 0) is 10.0 Å². The number of rotatable bonds is 6. The van der Waals surface area contributed by atoms with Crippen LogP contribution in [0, 0.1) is 0 Å². The molecule has 3 rings (SSSR count). The molecule has 0 aliphatic carbocycles. The van der Waals surface area contributed by atoms with Gasteiger partial charge in [-0.25, -0.2) is 13.2 Å². The number of nitrogens with one attached hydrogen (secondary N) is 1. The van der Waals surface area contributed by atoms with Crippen LogP contribution in [0.5, 0.6) is 11.5 Å². The first-order chi connectivity index (χ1) is 13.2. The molecule has 3 aromatic rings. The predicted molar refractivity (Wildman–Crippen MR) is 107 cm³/mol. The molecule has 0 atom stereocenters. The Hall–Kier alpha value is -2.74. The summed E-state index contributed by atoms with van der Waals surface area (Å²) in [5.74, 6) is -0.370. The minimum Gasteiger partial charge on any atom is -0.478 e. The molecule has 0 spiro atoms. The molecule has 144 valence electrons. The van der Waals surface area contributed by atoms with Gasteiger partial charge in [-0.3, -0.25) is 4.72 Å². The lowest BCUT2D eigenvalue weighted by molar-refractivity contribution is 0.0697. The summed E-state index contributed by atoms with van der Waals surface area (Å²) >= 11 is 11.9. The largest absolute Gasteiger partial charge is 0.478 e. The number of aromatic carboxylic acids is 1. The van der Waals surface area contributed by atoms with Crippen LogP contribution >= 0.6 is 23.2 Å². The summed E-state index contributed by atoms with van der Waals surface area (Å²) < 4.78 is 33.0. The average Bonchev–Trinajstić information content (AvgIpc) is 2.63. The van der Waals surface area contributed by atoms with E-state index in [9.17, 15) is 13.2 Å². The third kappa shape index (κ3) is 4.75. The van der Waals surface area contributed by atoms with Gasteiger partial charge in [-0.2, -0.15) is 0 Å². The van der Waals surface area contributed by atoms with E-state index in [2.05, 4.69) is 4.72 Å². The van der Waals surface area contributed by atoms with Crippen LogP contribution in [0.4, 0.5) is 5.69 Å². The maximum atomic E-state index is 12.6. The van der Waals surface area contributed by atoms with E-state index in [-0.39, 0.29) is 21.2 Å². The second-order valence-corrected chi connectivity index (χ2v) is 8.17. The first-order valence-electron chi connectivity index (χ1n) is 7.84. The van der Waals surface area contributed by atoms with Crippen molar-refractivity contribution in [3.05, 3.63) is 82.3 Å². The molecule has 0 fully saturated rings. The van der Waals surface area contributed by atoms with Gasteiger partial charge in [0.25, 0.3) is 10.0 Å². The molecule has 0 aliphatic heterocycles. The van der Waals surface area contributed by atoms with Crippen LogP contribution in [0.3, 0.4) is 0 Å². The van der Waals surface area contributed by atoms with Gasteiger partial charge in [0.05, 0.1) is 21.2 Å². The van der Waals surface area contributed by atoms with E-state index in [1.807, 2.05) is 0 Å². The van der Waals surface area contributed by atoms with Crippen LogP contribution in [0.1, 0.15) is 10.4 Å². The van der Waals surface area contributed by atoms with Gasteiger partial charge in [-0.05, 0) is 54.6 Å². The zero-order valence-electron chi connectivity index (χ0n) is 14.1. The number of hydrogen-bond acceptors (Lipinski definition) is 4. The van der Waals surface area contributed by atoms with Crippen LogP contribution in [0.15, 0.2) is 71.6 Å². The van der Waals surface area contributed by atoms with E-state index < -0.39 is 16.0 Å². The van der Waals surface area contributed by atoms with Crippen molar-refractivity contribution in [1.82, 2.24) is 0 Å². The highest BCUT2D eigenvalue weighted by molar-refractivity contribution is 7.92. The van der Waals surface area contributed by atoms with Crippen molar-refractivity contribution in [3.63, 3.8) is 0 Å². The quantitative estimate of drug-likeness (QED) is 0.546. The molecule has 0 aromatic heterocycles. The lowest BCUT2D eigenvalue weighted by Gasteiger charge is -2.11. The smallest absolute Gasteiger partial charge is 0.335 e. The highest BCUT2D eigenvalue weighted by Crippen LogP contribution is 2.29. The van der Waals surface area contributed by atoms with Crippen molar-refractivity contribution in [1.29, 1.82) is 0 Å². The number of para-hydroxylation sites is 1. The van der Waals surface area contributed by atoms with Crippen molar-refractivity contribution < 1.29 is 23.1 Å². The summed E-state index contributed by atoms with van der Waals surface area (Å²) in [6.45, 7) is 0. The molecule has 28 heavy (non-hydrogen) atoms. The molecular formula is C19H13Cl2NO5S. The number of hydrogen-bond donors (Lipinski definition) is 2. The van der Waals surface area contributed by atoms with Crippen molar-refractivity contribution >= 4 is 44.9 Å². The average molecular weight is 438 g/mol. The SMILES string of the molecule is O=C(O)c1cc(Cl)cc(NS(=O)(=O)c2ccc(Oc3ccccc3Cl)cc2)c1. The van der Waals surface area contributed by atoms with Crippen molar-refractivity contribution in [2.45, 2.75) is 4.90 Å². The Morgan fingerprint density at radius 3 is 2.29 bits per heavy atom. The fourth-order valence-electron chi connectivity index (χ4n) is 2.33. The van der Waals surface area contributed by atoms with Gasteiger partial charge in [0.2, 0.25) is 0 Å². The molecule has 0 saturated carbocycles. The van der Waals surface area contributed by atoms with E-state index >= 15 is 0 Å². The number of carbonyl (C=O) groups is 1. The summed E-state index contributed by atoms with van der Waals surface area (Å²) in [6.07, 6.45) is 0. The molecule has 0 radical (unpaired) electrons. The summed E-state index contributed by atoms with van der Waals surface area (Å²) in [4.78, 5) is 11.1. The van der Waals surface area contributed by atoms with Gasteiger partial charge in [-0.15, -0.1) is 0 Å². The maximum absolute atomic E-state index is 12.6. The molecule has 0 bridgehead atoms. The number of carboxylic acid groups (broad SMARTS) is 1. The van der Waals surface area contributed by atoms with Gasteiger partial charge in [-0.1, -0.05) is 35.3 Å². The monoisotopic (exact) mass is 437 g/mol. The number of halogens is 2. The van der Waals surface area contributed by atoms with Gasteiger partial charge < -0.3 is 9.84 Å². The normalized spacial score (nSPS) is 11.1. The van der Waals surface area contributed by atoms with Crippen LogP contribution in [0.2, 0.25) is 10.0 Å². The van der Waals surface area contributed by atoms with Crippen LogP contribution < -0.4 is 9.46 Å². The van der Waals surface area contributed by atoms with Crippen molar-refractivity contribution in [2.75, 3.05) is 4.72 Å². The van der Waals surface area contributed by atoms with Crippen molar-refractivity contribution in [2.24, 2.45) is 0 Å². The Morgan fingerprint density at radius 2 is 1.64 bits per heavy atom. The number of carboxylic acids is 1. The second kappa shape index (κ2) is 8.10. The van der Waals surface area contributed by atoms with Gasteiger partial charge in [0.1, 0.15) is 11.5 Å². The Morgan fingerprint density at radius 1 is 0.964 bits per heavy atom. The minimum absolute atomic E-state index is 0.0316. The molecule has 0 amide bonds. The highest BCUT2D eigenvalue weighted by Gasteiger charge is 2.16. The van der Waals surface area contributed by atoms with E-state index in [1.54, 1.807) is 24.3 Å². The molecule has 0 saturated heterocycles. The lowest BCUT2D eigenvalue weighted by atomic mass is 10.2. The fourth-order valence-corrected chi connectivity index (χ4v) is 3.78. The third-order valence-electron chi connectivity index (χ3n) is 3.60. The zero-order chi connectivity index (χ0) is 20.3. The summed E-state index contributed by atoms with van der Waals surface area (Å²) in [6, 6.07) is 16.3. The third-order valence-corrected chi connectivity index (χ3v) is 5.52. The molecule has 6 nitrogen and oxygen atoms in total. The van der Waals surface area contributed by atoms with E-state index in [4.69, 9.17) is 33.0 Å². The highest BCUT2D eigenvalue weighted by atomic mass is 35.5. The van der Waals surface area contributed by atoms with Crippen LogP contribution in [-0.4, -0.2) is 19.5 Å². The molecule has 2 N–H and O–H groups in total. The minimum atomic E-state index is -3.95. The Kier molecular flexibility index (Phi) is 5.79. The maximum Gasteiger partial charge on any atom is 0.335 e. The van der Waals surface area contributed by atoms with E-state index in [0.29, 0.717) is 16.5 Å². The topological polar surface area (TPSA) is 92.7 Å². The number of benzene rings is 3. The predicted octanol–water partition coefficient (Wildman–Crippen LogP) is 5.28. The Labute approximate surface area is 171 Å². The van der Waals surface area contributed by atoms with Gasteiger partial charge in [0, 0.05) is 5.02 Å². The first kappa shape index (κ1) is 20.0. The second-order valence-electron chi connectivity index (χ2n) is 5.64. The van der Waals surface area contributed by atoms with Crippen LogP contribution in [0.25, 0.3) is 0 Å². The van der Waals surface area contributed by atoms with Gasteiger partial charge in [0.15, 0.2) is 0 Å². The molecular weight excluding hydrogens is 425 g/mol. The number of ether oxygens (including phenoxy) is 1. The Bertz CT molecular complexity index is 1130. The first-order valence-corrected chi connectivity index (χ1v) is 10.1. The Balaban J connectivity index is 1.81. The summed E-state index contributed by atoms with van der Waals surface area (Å²) in [7, 11) is -3.95. The molecule has 0 unspecified atom stereocenters. The fraction of sp³-hybridized carbons (Fsp3) is 0.